The lowest BCUT2D eigenvalue weighted by molar-refractivity contribution is 0.128. The normalized spacial score (nSPS) is 31.3. The smallest absolute Gasteiger partial charge is 0.143 e. The summed E-state index contributed by atoms with van der Waals surface area (Å²) < 4.78 is 0. The van der Waals surface area contributed by atoms with Crippen LogP contribution in [0.25, 0.3) is 0 Å². The standard InChI is InChI=1S/C11H14N2OS/c1-3-13-5-10(1)11(6-13)12-14-7-9-2-4-15-8-9/h2,4,8,10H,1,3,5-7H2/b12-11+. The summed E-state index contributed by atoms with van der Waals surface area (Å²) in [5.74, 6) is 0.674. The summed E-state index contributed by atoms with van der Waals surface area (Å²) in [5.41, 5.74) is 2.46. The van der Waals surface area contributed by atoms with Gasteiger partial charge in [0.05, 0.1) is 5.71 Å². The van der Waals surface area contributed by atoms with Crippen LogP contribution in [0.5, 0.6) is 0 Å². The fourth-order valence-corrected chi connectivity index (χ4v) is 2.93. The van der Waals surface area contributed by atoms with Crippen LogP contribution in [0.2, 0.25) is 0 Å². The van der Waals surface area contributed by atoms with Gasteiger partial charge in [0.2, 0.25) is 0 Å². The fourth-order valence-electron chi connectivity index (χ4n) is 2.27. The van der Waals surface area contributed by atoms with Crippen molar-refractivity contribution in [3.8, 4) is 0 Å². The summed E-state index contributed by atoms with van der Waals surface area (Å²) >= 11 is 1.70. The van der Waals surface area contributed by atoms with E-state index in [4.69, 9.17) is 4.84 Å². The summed E-state index contributed by atoms with van der Waals surface area (Å²) in [7, 11) is 0. The third kappa shape index (κ3) is 1.92. The molecule has 0 spiro atoms. The highest BCUT2D eigenvalue weighted by atomic mass is 32.1. The molecule has 15 heavy (non-hydrogen) atoms. The molecule has 3 heterocycles. The Morgan fingerprint density at radius 1 is 1.60 bits per heavy atom. The van der Waals surface area contributed by atoms with E-state index in [1.165, 1.54) is 30.8 Å². The Bertz CT molecular complexity index is 361. The third-order valence-corrected chi connectivity index (χ3v) is 3.85. The van der Waals surface area contributed by atoms with Crippen molar-refractivity contribution < 1.29 is 4.84 Å². The van der Waals surface area contributed by atoms with Crippen LogP contribution in [0, 0.1) is 5.92 Å². The maximum Gasteiger partial charge on any atom is 0.143 e. The minimum absolute atomic E-state index is 0.611. The lowest BCUT2D eigenvalue weighted by Crippen LogP contribution is -2.23. The molecule has 2 bridgehead atoms. The number of fused-ring (bicyclic) bond motifs is 2. The van der Waals surface area contributed by atoms with E-state index in [9.17, 15) is 0 Å². The first-order chi connectivity index (χ1) is 7.42. The topological polar surface area (TPSA) is 24.8 Å². The van der Waals surface area contributed by atoms with Gasteiger partial charge in [-0.25, -0.2) is 0 Å². The van der Waals surface area contributed by atoms with Crippen molar-refractivity contribution in [1.29, 1.82) is 0 Å². The molecule has 0 aliphatic carbocycles. The molecule has 2 atom stereocenters. The van der Waals surface area contributed by atoms with Crippen LogP contribution in [-0.2, 0) is 11.4 Å². The minimum atomic E-state index is 0.611. The van der Waals surface area contributed by atoms with Gasteiger partial charge in [-0.1, -0.05) is 5.16 Å². The van der Waals surface area contributed by atoms with Crippen molar-refractivity contribution >= 4 is 17.0 Å². The molecule has 80 valence electrons. The van der Waals surface area contributed by atoms with Crippen LogP contribution < -0.4 is 0 Å². The number of oxime groups is 1. The predicted molar refractivity (Wildman–Crippen MR) is 61.1 cm³/mol. The minimum Gasteiger partial charge on any atom is -0.391 e. The van der Waals surface area contributed by atoms with Gasteiger partial charge in [-0.05, 0) is 29.8 Å². The van der Waals surface area contributed by atoms with Crippen molar-refractivity contribution in [2.75, 3.05) is 19.6 Å². The predicted octanol–water partition coefficient (Wildman–Crippen LogP) is 1.96. The Hall–Kier alpha value is -0.870. The molecule has 0 N–H and O–H groups in total. The second kappa shape index (κ2) is 3.94. The highest BCUT2D eigenvalue weighted by Gasteiger charge is 2.35. The zero-order valence-corrected chi connectivity index (χ0v) is 9.37. The summed E-state index contributed by atoms with van der Waals surface area (Å²) in [4.78, 5) is 7.82. The SMILES string of the molecule is c1cc(CO/N=C2\CN3CCC2C3)cs1. The van der Waals surface area contributed by atoms with Gasteiger partial charge in [-0.3, -0.25) is 4.90 Å². The molecular weight excluding hydrogens is 208 g/mol. The Labute approximate surface area is 93.3 Å². The largest absolute Gasteiger partial charge is 0.391 e. The summed E-state index contributed by atoms with van der Waals surface area (Å²) in [6.45, 7) is 4.07. The summed E-state index contributed by atoms with van der Waals surface area (Å²) in [6.07, 6.45) is 1.26. The van der Waals surface area contributed by atoms with Crippen LogP contribution in [0.15, 0.2) is 22.0 Å². The summed E-state index contributed by atoms with van der Waals surface area (Å²) in [5, 5.41) is 8.43. The van der Waals surface area contributed by atoms with Crippen LogP contribution >= 0.6 is 11.3 Å². The molecule has 1 aromatic rings. The van der Waals surface area contributed by atoms with E-state index in [1.807, 2.05) is 0 Å². The van der Waals surface area contributed by atoms with E-state index in [1.54, 1.807) is 11.3 Å². The van der Waals surface area contributed by atoms with E-state index in [0.29, 0.717) is 12.5 Å². The molecule has 0 amide bonds. The quantitative estimate of drug-likeness (QED) is 0.730. The molecule has 0 saturated carbocycles. The molecule has 1 aromatic heterocycles. The highest BCUT2D eigenvalue weighted by Crippen LogP contribution is 2.25. The average Bonchev–Trinajstić information content (AvgIpc) is 2.93. The van der Waals surface area contributed by atoms with E-state index in [2.05, 4.69) is 26.9 Å². The second-order valence-corrected chi connectivity index (χ2v) is 4.99. The number of piperidine rings is 1. The molecule has 2 aliphatic rings. The number of hydrogen-bond acceptors (Lipinski definition) is 4. The molecule has 4 heteroatoms. The number of thiophene rings is 1. The van der Waals surface area contributed by atoms with Crippen LogP contribution in [0.1, 0.15) is 12.0 Å². The molecule has 2 aliphatic heterocycles. The first kappa shape index (κ1) is 9.36. The van der Waals surface area contributed by atoms with Gasteiger partial charge < -0.3 is 4.84 Å². The van der Waals surface area contributed by atoms with Gasteiger partial charge in [0.1, 0.15) is 6.61 Å². The molecule has 0 aromatic carbocycles. The first-order valence-electron chi connectivity index (χ1n) is 5.34. The first-order valence-corrected chi connectivity index (χ1v) is 6.28. The van der Waals surface area contributed by atoms with Crippen LogP contribution in [0.3, 0.4) is 0 Å². The molecule has 2 fully saturated rings. The lowest BCUT2D eigenvalue weighted by atomic mass is 10.0. The van der Waals surface area contributed by atoms with Gasteiger partial charge >= 0.3 is 0 Å². The third-order valence-electron chi connectivity index (χ3n) is 3.12. The Morgan fingerprint density at radius 3 is 3.27 bits per heavy atom. The van der Waals surface area contributed by atoms with E-state index in [0.717, 1.165) is 6.54 Å². The monoisotopic (exact) mass is 222 g/mol. The van der Waals surface area contributed by atoms with Crippen molar-refractivity contribution in [2.45, 2.75) is 13.0 Å². The van der Waals surface area contributed by atoms with Gasteiger partial charge in [-0.15, -0.1) is 0 Å². The molecular formula is C11H14N2OS. The molecule has 0 radical (unpaired) electrons. The Kier molecular flexibility index (Phi) is 2.46. The van der Waals surface area contributed by atoms with Crippen molar-refractivity contribution in [3.05, 3.63) is 22.4 Å². The maximum absolute atomic E-state index is 5.38. The van der Waals surface area contributed by atoms with Crippen LogP contribution in [-0.4, -0.2) is 30.2 Å². The number of rotatable bonds is 3. The zero-order valence-electron chi connectivity index (χ0n) is 8.56. The van der Waals surface area contributed by atoms with E-state index >= 15 is 0 Å². The van der Waals surface area contributed by atoms with Gasteiger partial charge in [0, 0.05) is 24.6 Å². The molecule has 2 unspecified atom stereocenters. The highest BCUT2D eigenvalue weighted by molar-refractivity contribution is 7.07. The van der Waals surface area contributed by atoms with Crippen LogP contribution in [0.4, 0.5) is 0 Å². The van der Waals surface area contributed by atoms with E-state index in [-0.39, 0.29) is 0 Å². The van der Waals surface area contributed by atoms with Crippen molar-refractivity contribution in [3.63, 3.8) is 0 Å². The van der Waals surface area contributed by atoms with E-state index < -0.39 is 0 Å². The number of hydrogen-bond donors (Lipinski definition) is 0. The van der Waals surface area contributed by atoms with Gasteiger partial charge in [0.15, 0.2) is 0 Å². The Morgan fingerprint density at radius 2 is 2.60 bits per heavy atom. The van der Waals surface area contributed by atoms with Gasteiger partial charge in [-0.2, -0.15) is 11.3 Å². The second-order valence-electron chi connectivity index (χ2n) is 4.21. The fraction of sp³-hybridized carbons (Fsp3) is 0.545. The molecule has 3 nitrogen and oxygen atoms in total. The summed E-state index contributed by atoms with van der Waals surface area (Å²) in [6, 6.07) is 2.08. The molecule has 3 rings (SSSR count). The average molecular weight is 222 g/mol. The van der Waals surface area contributed by atoms with Crippen molar-refractivity contribution in [2.24, 2.45) is 11.1 Å². The number of nitrogens with zero attached hydrogens (tertiary/aromatic N) is 2. The van der Waals surface area contributed by atoms with Gasteiger partial charge in [0.25, 0.3) is 0 Å². The Balaban J connectivity index is 1.55. The lowest BCUT2D eigenvalue weighted by Gasteiger charge is -2.12. The van der Waals surface area contributed by atoms with Crippen molar-refractivity contribution in [1.82, 2.24) is 4.90 Å². The zero-order chi connectivity index (χ0) is 10.1. The molecule has 2 saturated heterocycles. The maximum atomic E-state index is 5.38.